The number of fused-ring (bicyclic) bond motifs is 3. The van der Waals surface area contributed by atoms with Gasteiger partial charge in [-0.25, -0.2) is 22.9 Å². The first-order chi connectivity index (χ1) is 18.4. The highest BCUT2D eigenvalue weighted by Crippen LogP contribution is 2.32. The molecule has 0 radical (unpaired) electrons. The van der Waals surface area contributed by atoms with E-state index in [1.165, 1.54) is 12.1 Å². The Hall–Kier alpha value is -4.13. The molecule has 2 aromatic heterocycles. The van der Waals surface area contributed by atoms with Crippen LogP contribution < -0.4 is 5.32 Å². The highest BCUT2D eigenvalue weighted by Gasteiger charge is 2.26. The molecule has 192 valence electrons. The van der Waals surface area contributed by atoms with Gasteiger partial charge in [-0.1, -0.05) is 29.8 Å². The number of carbonyl (C=O) groups excluding carboxylic acids is 1. The second kappa shape index (κ2) is 10.7. The van der Waals surface area contributed by atoms with Crippen LogP contribution in [0.5, 0.6) is 0 Å². The van der Waals surface area contributed by atoms with Gasteiger partial charge in [0, 0.05) is 55.4 Å². The molecule has 0 saturated carbocycles. The Morgan fingerprint density at radius 1 is 1.16 bits per heavy atom. The maximum atomic E-state index is 14.0. The van der Waals surface area contributed by atoms with Gasteiger partial charge in [0.25, 0.3) is 0 Å². The molecular weight excluding hydrogens is 515 g/mol. The SMILES string of the molecule is N#Cc1ccc2c3c(n(C(=O)NCc4ccnc(Cl)c4)c2c1)CCN(CC=Cc1ccc(F)c(F)c1F)C3. The molecule has 0 spiro atoms. The van der Waals surface area contributed by atoms with Crippen LogP contribution in [-0.4, -0.2) is 33.6 Å². The minimum atomic E-state index is -1.50. The van der Waals surface area contributed by atoms with Gasteiger partial charge >= 0.3 is 6.03 Å². The molecule has 0 bridgehead atoms. The molecular formula is C28H21ClF3N5O. The lowest BCUT2D eigenvalue weighted by molar-refractivity contribution is 0.240. The van der Waals surface area contributed by atoms with E-state index in [0.717, 1.165) is 28.3 Å². The zero-order valence-electron chi connectivity index (χ0n) is 20.0. The summed E-state index contributed by atoms with van der Waals surface area (Å²) >= 11 is 5.95. The lowest BCUT2D eigenvalue weighted by Crippen LogP contribution is -2.34. The normalized spacial score (nSPS) is 13.6. The zero-order chi connectivity index (χ0) is 26.8. The van der Waals surface area contributed by atoms with Crippen LogP contribution in [0.3, 0.4) is 0 Å². The summed E-state index contributed by atoms with van der Waals surface area (Å²) in [4.78, 5) is 19.4. The molecule has 0 fully saturated rings. The van der Waals surface area contributed by atoms with Crippen molar-refractivity contribution in [2.75, 3.05) is 13.1 Å². The quantitative estimate of drug-likeness (QED) is 0.259. The second-order valence-corrected chi connectivity index (χ2v) is 9.29. The average Bonchev–Trinajstić information content (AvgIpc) is 3.24. The number of pyridine rings is 1. The highest BCUT2D eigenvalue weighted by atomic mass is 35.5. The van der Waals surface area contributed by atoms with Gasteiger partial charge in [0.1, 0.15) is 5.15 Å². The fourth-order valence-electron chi connectivity index (χ4n) is 4.68. The predicted molar refractivity (Wildman–Crippen MR) is 138 cm³/mol. The molecule has 38 heavy (non-hydrogen) atoms. The van der Waals surface area contributed by atoms with Crippen molar-refractivity contribution in [1.29, 1.82) is 5.26 Å². The van der Waals surface area contributed by atoms with Gasteiger partial charge in [-0.3, -0.25) is 9.47 Å². The number of nitrogens with zero attached hydrogens (tertiary/aromatic N) is 4. The number of halogens is 4. The maximum Gasteiger partial charge on any atom is 0.326 e. The lowest BCUT2D eigenvalue weighted by atomic mass is 10.0. The Labute approximate surface area is 221 Å². The van der Waals surface area contributed by atoms with Crippen molar-refractivity contribution in [2.45, 2.75) is 19.5 Å². The molecule has 1 aliphatic rings. The first kappa shape index (κ1) is 25.5. The first-order valence-corrected chi connectivity index (χ1v) is 12.2. The third-order valence-electron chi connectivity index (χ3n) is 6.52. The predicted octanol–water partition coefficient (Wildman–Crippen LogP) is 5.81. The summed E-state index contributed by atoms with van der Waals surface area (Å²) in [5.74, 6) is -3.95. The van der Waals surface area contributed by atoms with E-state index in [0.29, 0.717) is 42.3 Å². The molecule has 1 amide bonds. The Morgan fingerprint density at radius 3 is 2.79 bits per heavy atom. The summed E-state index contributed by atoms with van der Waals surface area (Å²) in [6, 6.07) is 12.6. The molecule has 2 aromatic carbocycles. The van der Waals surface area contributed by atoms with Crippen LogP contribution >= 0.6 is 11.6 Å². The van der Waals surface area contributed by atoms with Gasteiger partial charge in [-0.2, -0.15) is 5.26 Å². The van der Waals surface area contributed by atoms with Crippen molar-refractivity contribution in [1.82, 2.24) is 19.8 Å². The average molecular weight is 536 g/mol. The minimum absolute atomic E-state index is 0.0330. The van der Waals surface area contributed by atoms with E-state index in [-0.39, 0.29) is 18.1 Å². The Balaban J connectivity index is 1.39. The monoisotopic (exact) mass is 535 g/mol. The third-order valence-corrected chi connectivity index (χ3v) is 6.73. The van der Waals surface area contributed by atoms with E-state index in [1.807, 2.05) is 6.07 Å². The third kappa shape index (κ3) is 5.01. The van der Waals surface area contributed by atoms with E-state index in [2.05, 4.69) is 21.3 Å². The van der Waals surface area contributed by atoms with Crippen molar-refractivity contribution < 1.29 is 18.0 Å². The number of aromatic nitrogens is 2. The van der Waals surface area contributed by atoms with Crippen LogP contribution in [0.25, 0.3) is 17.0 Å². The fraction of sp³-hybridized carbons (Fsp3) is 0.179. The standard InChI is InChI=1S/C28H21ClF3N5O/c29-25-13-18(7-9-34-25)15-35-28(38)37-23-8-11-36(10-1-2-19-4-6-22(30)27(32)26(19)31)16-21(23)20-5-3-17(14-33)12-24(20)37/h1-7,9,12-13H,8,10-11,15-16H2,(H,35,38). The van der Waals surface area contributed by atoms with E-state index < -0.39 is 17.5 Å². The van der Waals surface area contributed by atoms with Crippen molar-refractivity contribution in [3.05, 3.63) is 105 Å². The number of carbonyl (C=O) groups is 1. The highest BCUT2D eigenvalue weighted by molar-refractivity contribution is 6.29. The number of nitriles is 1. The van der Waals surface area contributed by atoms with Crippen molar-refractivity contribution in [3.8, 4) is 6.07 Å². The number of hydrogen-bond donors (Lipinski definition) is 1. The van der Waals surface area contributed by atoms with Crippen LogP contribution in [0.15, 0.2) is 54.7 Å². The zero-order valence-corrected chi connectivity index (χ0v) is 20.8. The van der Waals surface area contributed by atoms with Gasteiger partial charge in [-0.05, 0) is 47.5 Å². The molecule has 6 nitrogen and oxygen atoms in total. The van der Waals surface area contributed by atoms with Crippen molar-refractivity contribution in [3.63, 3.8) is 0 Å². The Bertz CT molecular complexity index is 1630. The summed E-state index contributed by atoms with van der Waals surface area (Å²) in [6.45, 7) is 1.83. The van der Waals surface area contributed by atoms with E-state index in [4.69, 9.17) is 11.6 Å². The minimum Gasteiger partial charge on any atom is -0.333 e. The molecule has 0 saturated heterocycles. The smallest absolute Gasteiger partial charge is 0.326 e. The Morgan fingerprint density at radius 2 is 2.00 bits per heavy atom. The summed E-state index contributed by atoms with van der Waals surface area (Å²) in [5, 5.41) is 13.5. The Kier molecular flexibility index (Phi) is 7.18. The van der Waals surface area contributed by atoms with Gasteiger partial charge in [0.2, 0.25) is 0 Å². The molecule has 1 N–H and O–H groups in total. The maximum absolute atomic E-state index is 14.0. The lowest BCUT2D eigenvalue weighted by Gasteiger charge is -2.27. The number of hydrogen-bond acceptors (Lipinski definition) is 4. The molecule has 0 atom stereocenters. The molecule has 5 rings (SSSR count). The number of nitrogens with one attached hydrogen (secondary N) is 1. The molecule has 1 aliphatic heterocycles. The summed E-state index contributed by atoms with van der Waals surface area (Å²) < 4.78 is 42.3. The van der Waals surface area contributed by atoms with E-state index in [9.17, 15) is 23.2 Å². The van der Waals surface area contributed by atoms with Crippen LogP contribution in [0.1, 0.15) is 27.9 Å². The summed E-state index contributed by atoms with van der Waals surface area (Å²) in [5.41, 5.74) is 3.67. The molecule has 4 aromatic rings. The summed E-state index contributed by atoms with van der Waals surface area (Å²) in [6.07, 6.45) is 5.25. The van der Waals surface area contributed by atoms with Gasteiger partial charge in [-0.15, -0.1) is 0 Å². The first-order valence-electron chi connectivity index (χ1n) is 11.8. The van der Waals surface area contributed by atoms with Crippen LogP contribution in [0.2, 0.25) is 5.15 Å². The molecule has 3 heterocycles. The number of benzene rings is 2. The van der Waals surface area contributed by atoms with Crippen molar-refractivity contribution >= 4 is 34.6 Å². The second-order valence-electron chi connectivity index (χ2n) is 8.90. The van der Waals surface area contributed by atoms with Crippen LogP contribution in [0.4, 0.5) is 18.0 Å². The largest absolute Gasteiger partial charge is 0.333 e. The van der Waals surface area contributed by atoms with Gasteiger partial charge in [0.15, 0.2) is 17.5 Å². The van der Waals surface area contributed by atoms with Gasteiger partial charge in [0.05, 0.1) is 17.1 Å². The van der Waals surface area contributed by atoms with Crippen molar-refractivity contribution in [2.24, 2.45) is 0 Å². The van der Waals surface area contributed by atoms with E-state index in [1.54, 1.807) is 41.1 Å². The molecule has 0 aliphatic carbocycles. The van der Waals surface area contributed by atoms with Gasteiger partial charge < -0.3 is 5.32 Å². The topological polar surface area (TPSA) is 74.0 Å². The summed E-state index contributed by atoms with van der Waals surface area (Å²) in [7, 11) is 0. The molecule has 10 heteroatoms. The van der Waals surface area contributed by atoms with E-state index >= 15 is 0 Å². The number of amides is 1. The van der Waals surface area contributed by atoms with Crippen LogP contribution in [-0.2, 0) is 19.5 Å². The van der Waals surface area contributed by atoms with Crippen LogP contribution in [0, 0.1) is 28.8 Å². The fourth-order valence-corrected chi connectivity index (χ4v) is 4.87. The number of rotatable bonds is 5. The molecule has 0 unspecified atom stereocenters.